The van der Waals surface area contributed by atoms with Crippen molar-refractivity contribution in [3.8, 4) is 0 Å². The topological polar surface area (TPSA) is 86.4 Å². The van der Waals surface area contributed by atoms with E-state index in [2.05, 4.69) is 28.9 Å². The maximum atomic E-state index is 13.9. The second-order valence-corrected chi connectivity index (χ2v) is 9.97. The summed E-state index contributed by atoms with van der Waals surface area (Å²) in [7, 11) is 1.77. The third-order valence-corrected chi connectivity index (χ3v) is 7.57. The summed E-state index contributed by atoms with van der Waals surface area (Å²) in [6.07, 6.45) is 7.22. The first kappa shape index (κ1) is 25.2. The first-order valence-corrected chi connectivity index (χ1v) is 13.1. The number of rotatable bonds is 8. The van der Waals surface area contributed by atoms with Crippen LogP contribution in [0.2, 0.25) is 0 Å². The van der Waals surface area contributed by atoms with E-state index in [-0.39, 0.29) is 29.8 Å². The molecule has 2 heterocycles. The van der Waals surface area contributed by atoms with Gasteiger partial charge in [-0.05, 0) is 76.3 Å². The molecule has 1 saturated carbocycles. The summed E-state index contributed by atoms with van der Waals surface area (Å²) in [5.41, 5.74) is 3.07. The van der Waals surface area contributed by atoms with Gasteiger partial charge in [0.25, 0.3) is 0 Å². The van der Waals surface area contributed by atoms with E-state index in [4.69, 9.17) is 4.98 Å². The van der Waals surface area contributed by atoms with E-state index in [0.29, 0.717) is 6.54 Å². The van der Waals surface area contributed by atoms with Crippen LogP contribution in [0.5, 0.6) is 0 Å². The Hall–Kier alpha value is -2.93. The van der Waals surface area contributed by atoms with E-state index < -0.39 is 6.04 Å². The van der Waals surface area contributed by atoms with Gasteiger partial charge in [-0.1, -0.05) is 43.5 Å². The Labute approximate surface area is 209 Å². The summed E-state index contributed by atoms with van der Waals surface area (Å²) in [6.45, 7) is 4.59. The molecule has 0 unspecified atom stereocenters. The summed E-state index contributed by atoms with van der Waals surface area (Å²) >= 11 is 0. The summed E-state index contributed by atoms with van der Waals surface area (Å²) in [4.78, 5) is 33.6. The van der Waals surface area contributed by atoms with Crippen LogP contribution in [0.15, 0.2) is 42.5 Å². The number of pyridine rings is 1. The van der Waals surface area contributed by atoms with Crippen molar-refractivity contribution in [3.05, 3.63) is 53.7 Å². The molecular formula is C28H39N5O2. The second kappa shape index (κ2) is 11.7. The molecular weight excluding hydrogens is 438 g/mol. The number of nitrogens with zero attached hydrogens (tertiary/aromatic N) is 2. The molecule has 2 amide bonds. The van der Waals surface area contributed by atoms with Crippen molar-refractivity contribution in [3.63, 3.8) is 0 Å². The molecule has 0 bridgehead atoms. The number of benzene rings is 1. The largest absolute Gasteiger partial charge is 0.343 e. The third kappa shape index (κ3) is 6.01. The average molecular weight is 478 g/mol. The van der Waals surface area contributed by atoms with E-state index in [0.717, 1.165) is 61.3 Å². The van der Waals surface area contributed by atoms with Crippen LogP contribution >= 0.6 is 0 Å². The molecule has 188 valence electrons. The molecule has 1 aromatic heterocycles. The van der Waals surface area contributed by atoms with Crippen molar-refractivity contribution in [2.75, 3.05) is 18.9 Å². The van der Waals surface area contributed by atoms with E-state index in [1.165, 1.54) is 6.42 Å². The second-order valence-electron chi connectivity index (χ2n) is 9.97. The van der Waals surface area contributed by atoms with Gasteiger partial charge in [0.2, 0.25) is 11.8 Å². The van der Waals surface area contributed by atoms with Crippen molar-refractivity contribution in [2.24, 2.45) is 5.92 Å². The molecule has 1 aliphatic carbocycles. The first-order valence-electron chi connectivity index (χ1n) is 13.1. The minimum absolute atomic E-state index is 0.0371. The lowest BCUT2D eigenvalue weighted by molar-refractivity contribution is -0.139. The monoisotopic (exact) mass is 477 g/mol. The van der Waals surface area contributed by atoms with E-state index in [1.807, 2.05) is 48.2 Å². The summed E-state index contributed by atoms with van der Waals surface area (Å²) < 4.78 is 0. The zero-order valence-corrected chi connectivity index (χ0v) is 21.2. The van der Waals surface area contributed by atoms with Gasteiger partial charge in [0.1, 0.15) is 11.9 Å². The fraction of sp³-hybridized carbons (Fsp3) is 0.536. The molecule has 7 heteroatoms. The summed E-state index contributed by atoms with van der Waals surface area (Å²) in [6, 6.07) is 13.2. The molecule has 1 aliphatic heterocycles. The number of nitrogens with one attached hydrogen (secondary N) is 3. The van der Waals surface area contributed by atoms with Crippen LogP contribution in [-0.4, -0.2) is 47.4 Å². The number of aryl methyl sites for hydroxylation is 1. The molecule has 2 aromatic rings. The number of likely N-dealkylation sites (tertiary alicyclic amines) is 1. The van der Waals surface area contributed by atoms with Crippen LogP contribution in [0.25, 0.3) is 0 Å². The van der Waals surface area contributed by atoms with Crippen LogP contribution in [0.4, 0.5) is 11.5 Å². The number of aromatic nitrogens is 1. The first-order chi connectivity index (χ1) is 17.0. The Balaban J connectivity index is 1.54. The standard InChI is InChI=1S/C28H39N5O2/c1-19-11-7-8-14-22(19)30-25-17-9-15-23(31-25)24-16-10-18-33(24)28(35)26(21-12-5-4-6-13-21)32-27(34)20(2)29-3/h7-9,11,14-15,17,20-21,24,26,29H,4-6,10,12-13,16,18H2,1-3H3,(H,30,31)(H,32,34)/t20-,24-,26-/m0/s1. The number of carbonyl (C=O) groups is 2. The van der Waals surface area contributed by atoms with E-state index in [1.54, 1.807) is 7.05 Å². The van der Waals surface area contributed by atoms with Crippen LogP contribution in [0.3, 0.4) is 0 Å². The minimum Gasteiger partial charge on any atom is -0.343 e. The predicted molar refractivity (Wildman–Crippen MR) is 139 cm³/mol. The van der Waals surface area contributed by atoms with Gasteiger partial charge in [-0.15, -0.1) is 0 Å². The zero-order valence-electron chi connectivity index (χ0n) is 21.2. The Morgan fingerprint density at radius 3 is 2.51 bits per heavy atom. The highest BCUT2D eigenvalue weighted by Gasteiger charge is 2.39. The van der Waals surface area contributed by atoms with E-state index >= 15 is 0 Å². The maximum absolute atomic E-state index is 13.9. The molecule has 1 saturated heterocycles. The molecule has 7 nitrogen and oxygen atoms in total. The molecule has 1 aromatic carbocycles. The number of carbonyl (C=O) groups excluding carboxylic acids is 2. The van der Waals surface area contributed by atoms with E-state index in [9.17, 15) is 9.59 Å². The predicted octanol–water partition coefficient (Wildman–Crippen LogP) is 4.47. The van der Waals surface area contributed by atoms with Crippen molar-refractivity contribution in [2.45, 2.75) is 76.9 Å². The van der Waals surface area contributed by atoms with Gasteiger partial charge in [-0.2, -0.15) is 0 Å². The Bertz CT molecular complexity index is 1020. The number of likely N-dealkylation sites (N-methyl/N-ethyl adjacent to an activating group) is 1. The number of hydrogen-bond donors (Lipinski definition) is 3. The molecule has 3 N–H and O–H groups in total. The quantitative estimate of drug-likeness (QED) is 0.522. The van der Waals surface area contributed by atoms with Gasteiger partial charge in [-0.3, -0.25) is 9.59 Å². The molecule has 0 radical (unpaired) electrons. The van der Waals surface area contributed by atoms with Crippen LogP contribution in [-0.2, 0) is 9.59 Å². The molecule has 4 rings (SSSR count). The van der Waals surface area contributed by atoms with Gasteiger partial charge in [0, 0.05) is 12.2 Å². The lowest BCUT2D eigenvalue weighted by Gasteiger charge is -2.35. The van der Waals surface area contributed by atoms with Gasteiger partial charge in [0.15, 0.2) is 0 Å². The third-order valence-electron chi connectivity index (χ3n) is 7.57. The maximum Gasteiger partial charge on any atom is 0.246 e. The minimum atomic E-state index is -0.479. The smallest absolute Gasteiger partial charge is 0.246 e. The number of hydrogen-bond acceptors (Lipinski definition) is 5. The number of para-hydroxylation sites is 1. The highest BCUT2D eigenvalue weighted by molar-refractivity contribution is 5.90. The Kier molecular flexibility index (Phi) is 8.39. The molecule has 0 spiro atoms. The zero-order chi connectivity index (χ0) is 24.8. The van der Waals surface area contributed by atoms with Crippen LogP contribution < -0.4 is 16.0 Å². The normalized spacial score (nSPS) is 20.3. The van der Waals surface area contributed by atoms with Gasteiger partial charge in [0.05, 0.1) is 17.8 Å². The Morgan fingerprint density at radius 2 is 1.77 bits per heavy atom. The summed E-state index contributed by atoms with van der Waals surface area (Å²) in [5.74, 6) is 0.883. The molecule has 2 fully saturated rings. The number of amides is 2. The fourth-order valence-corrected chi connectivity index (χ4v) is 5.33. The average Bonchev–Trinajstić information content (AvgIpc) is 3.38. The Morgan fingerprint density at radius 1 is 1.00 bits per heavy atom. The fourth-order valence-electron chi connectivity index (χ4n) is 5.33. The van der Waals surface area contributed by atoms with Crippen molar-refractivity contribution in [1.29, 1.82) is 0 Å². The van der Waals surface area contributed by atoms with Crippen molar-refractivity contribution >= 4 is 23.3 Å². The number of anilines is 2. The van der Waals surface area contributed by atoms with Gasteiger partial charge < -0.3 is 20.9 Å². The SMILES string of the molecule is CN[C@@H](C)C(=O)N[C@H](C(=O)N1CCC[C@H]1c1cccc(Nc2ccccc2C)n1)C1CCCCC1. The van der Waals surface area contributed by atoms with Crippen LogP contribution in [0, 0.1) is 12.8 Å². The molecule has 2 aliphatic rings. The molecule has 3 atom stereocenters. The van der Waals surface area contributed by atoms with Crippen LogP contribution in [0.1, 0.15) is 69.2 Å². The van der Waals surface area contributed by atoms with Gasteiger partial charge in [-0.25, -0.2) is 4.98 Å². The lowest BCUT2D eigenvalue weighted by atomic mass is 9.83. The highest BCUT2D eigenvalue weighted by atomic mass is 16.2. The molecule has 35 heavy (non-hydrogen) atoms. The van der Waals surface area contributed by atoms with Gasteiger partial charge >= 0.3 is 0 Å². The highest BCUT2D eigenvalue weighted by Crippen LogP contribution is 2.35. The van der Waals surface area contributed by atoms with Crippen molar-refractivity contribution < 1.29 is 9.59 Å². The van der Waals surface area contributed by atoms with Crippen molar-refractivity contribution in [1.82, 2.24) is 20.5 Å². The summed E-state index contributed by atoms with van der Waals surface area (Å²) in [5, 5.41) is 9.52. The lowest BCUT2D eigenvalue weighted by Crippen LogP contribution is -2.55.